The molecule has 3 saturated heterocycles. The van der Waals surface area contributed by atoms with E-state index in [0.29, 0.717) is 24.1 Å². The molecule has 2 bridgehead atoms. The Morgan fingerprint density at radius 3 is 2.39 bits per heavy atom. The summed E-state index contributed by atoms with van der Waals surface area (Å²) in [7, 11) is 0. The Morgan fingerprint density at radius 2 is 1.68 bits per heavy atom. The first-order chi connectivity index (χ1) is 21.1. The first-order valence-corrected chi connectivity index (χ1v) is 16.9. The molecule has 5 aliphatic rings. The van der Waals surface area contributed by atoms with E-state index in [-0.39, 0.29) is 23.8 Å². The summed E-state index contributed by atoms with van der Waals surface area (Å²) in [5.41, 5.74) is 1.70. The first kappa shape index (κ1) is 31.2. The van der Waals surface area contributed by atoms with Crippen LogP contribution in [0.2, 0.25) is 0 Å². The van der Waals surface area contributed by atoms with Gasteiger partial charge in [-0.1, -0.05) is 51.8 Å². The van der Waals surface area contributed by atoms with Crippen LogP contribution in [0.1, 0.15) is 57.6 Å². The van der Waals surface area contributed by atoms with Crippen LogP contribution in [0, 0.1) is 37.5 Å². The van der Waals surface area contributed by atoms with Crippen molar-refractivity contribution < 1.29 is 19.1 Å². The zero-order chi connectivity index (χ0) is 31.2. The Balaban J connectivity index is 1.23. The minimum absolute atomic E-state index is 0.0692. The van der Waals surface area contributed by atoms with Crippen LogP contribution in [0.15, 0.2) is 30.4 Å². The maximum Gasteiger partial charge on any atom is 0.246 e. The SMILES string of the molecule is CCN1CCN(CCCN2C(=O)C3C(C(=O)Nc4cc(C)cc(C)c4)C4C=CC3(O4)C2C(=O)NC2CCCC(C)C2C)CC1. The number of rotatable bonds is 9. The van der Waals surface area contributed by atoms with Crippen LogP contribution in [-0.2, 0) is 19.1 Å². The fraction of sp³-hybridized carbons (Fsp3) is 0.686. The summed E-state index contributed by atoms with van der Waals surface area (Å²) in [5, 5.41) is 6.44. The van der Waals surface area contributed by atoms with E-state index >= 15 is 0 Å². The fourth-order valence-electron chi connectivity index (χ4n) is 8.62. The van der Waals surface area contributed by atoms with Gasteiger partial charge in [-0.25, -0.2) is 0 Å². The zero-order valence-corrected chi connectivity index (χ0v) is 27.2. The molecular weight excluding hydrogens is 554 g/mol. The molecule has 0 radical (unpaired) electrons. The molecule has 240 valence electrons. The Labute approximate surface area is 262 Å². The average molecular weight is 606 g/mol. The highest BCUT2D eigenvalue weighted by atomic mass is 16.5. The highest BCUT2D eigenvalue weighted by molar-refractivity contribution is 6.02. The lowest BCUT2D eigenvalue weighted by molar-refractivity contribution is -0.141. The number of hydrogen-bond donors (Lipinski definition) is 2. The van der Waals surface area contributed by atoms with Crippen LogP contribution in [-0.4, -0.2) is 102 Å². The van der Waals surface area contributed by atoms with Crippen molar-refractivity contribution in [3.8, 4) is 0 Å². The number of likely N-dealkylation sites (N-methyl/N-ethyl adjacent to an activating group) is 1. The molecule has 1 aromatic carbocycles. The van der Waals surface area contributed by atoms with E-state index in [1.165, 1.54) is 6.42 Å². The molecule has 4 heterocycles. The standard InChI is InChI=1S/C35H51N5O4/c1-6-38-15-17-39(18-16-38)13-8-14-40-31(33(42)37-27-10-7-9-24(4)25(27)5)35-12-11-28(44-35)29(30(35)34(40)43)32(41)36-26-20-22(2)19-23(3)21-26/h11-12,19-21,24-25,27-31H,6-10,13-18H2,1-5H3,(H,36,41)(H,37,42). The third kappa shape index (κ3) is 5.71. The van der Waals surface area contributed by atoms with Crippen LogP contribution in [0.25, 0.3) is 0 Å². The van der Waals surface area contributed by atoms with E-state index in [9.17, 15) is 14.4 Å². The van der Waals surface area contributed by atoms with E-state index in [1.54, 1.807) is 4.90 Å². The van der Waals surface area contributed by atoms with Gasteiger partial charge in [0.2, 0.25) is 17.7 Å². The van der Waals surface area contributed by atoms with Gasteiger partial charge in [-0.05, 0) is 74.9 Å². The lowest BCUT2D eigenvalue weighted by Gasteiger charge is -2.38. The minimum atomic E-state index is -1.13. The topological polar surface area (TPSA) is 94.2 Å². The first-order valence-electron chi connectivity index (χ1n) is 16.9. The van der Waals surface area contributed by atoms with Crippen LogP contribution in [0.4, 0.5) is 5.69 Å². The van der Waals surface area contributed by atoms with Crippen LogP contribution in [0.3, 0.4) is 0 Å². The molecule has 8 unspecified atom stereocenters. The second-order valence-corrected chi connectivity index (χ2v) is 14.1. The molecular formula is C35H51N5O4. The van der Waals surface area contributed by atoms with Crippen molar-refractivity contribution in [3.63, 3.8) is 0 Å². The van der Waals surface area contributed by atoms with E-state index in [2.05, 4.69) is 47.3 Å². The lowest BCUT2D eigenvalue weighted by Crippen LogP contribution is -2.58. The summed E-state index contributed by atoms with van der Waals surface area (Å²) in [4.78, 5) is 49.2. The molecule has 1 aromatic rings. The van der Waals surface area contributed by atoms with Gasteiger partial charge < -0.3 is 30.1 Å². The number of amides is 3. The van der Waals surface area contributed by atoms with Crippen molar-refractivity contribution in [2.24, 2.45) is 23.7 Å². The number of carbonyl (C=O) groups excluding carboxylic acids is 3. The van der Waals surface area contributed by atoms with Crippen molar-refractivity contribution >= 4 is 23.4 Å². The van der Waals surface area contributed by atoms with Crippen LogP contribution >= 0.6 is 0 Å². The third-order valence-corrected chi connectivity index (χ3v) is 11.2. The monoisotopic (exact) mass is 605 g/mol. The molecule has 1 aliphatic carbocycles. The number of hydrogen-bond acceptors (Lipinski definition) is 6. The van der Waals surface area contributed by atoms with Gasteiger partial charge in [-0.2, -0.15) is 0 Å². The molecule has 4 aliphatic heterocycles. The van der Waals surface area contributed by atoms with E-state index in [4.69, 9.17) is 4.74 Å². The number of benzene rings is 1. The summed E-state index contributed by atoms with van der Waals surface area (Å²) in [6.45, 7) is 17.2. The number of aryl methyl sites for hydroxylation is 2. The normalized spacial score (nSPS) is 35.2. The number of piperazine rings is 1. The predicted octanol–water partition coefficient (Wildman–Crippen LogP) is 3.36. The van der Waals surface area contributed by atoms with Crippen molar-refractivity contribution in [2.45, 2.75) is 84.1 Å². The maximum atomic E-state index is 14.4. The van der Waals surface area contributed by atoms with Crippen molar-refractivity contribution in [2.75, 3.05) is 51.1 Å². The third-order valence-electron chi connectivity index (χ3n) is 11.2. The van der Waals surface area contributed by atoms with E-state index in [0.717, 1.165) is 69.7 Å². The molecule has 8 atom stereocenters. The number of fused-ring (bicyclic) bond motifs is 1. The molecule has 0 aromatic heterocycles. The molecule has 1 saturated carbocycles. The minimum Gasteiger partial charge on any atom is -0.359 e. The van der Waals surface area contributed by atoms with Gasteiger partial charge in [-0.15, -0.1) is 0 Å². The number of nitrogens with one attached hydrogen (secondary N) is 2. The highest BCUT2D eigenvalue weighted by Crippen LogP contribution is 2.55. The van der Waals surface area contributed by atoms with Gasteiger partial charge in [-0.3, -0.25) is 14.4 Å². The highest BCUT2D eigenvalue weighted by Gasteiger charge is 2.72. The largest absolute Gasteiger partial charge is 0.359 e. The number of carbonyl (C=O) groups is 3. The van der Waals surface area contributed by atoms with Gasteiger partial charge in [0.25, 0.3) is 0 Å². The summed E-state index contributed by atoms with van der Waals surface area (Å²) in [6, 6.07) is 5.22. The molecule has 3 amide bonds. The number of likely N-dealkylation sites (tertiary alicyclic amines) is 1. The van der Waals surface area contributed by atoms with Crippen molar-refractivity contribution in [1.29, 1.82) is 0 Å². The lowest BCUT2D eigenvalue weighted by atomic mass is 9.73. The Kier molecular flexibility index (Phi) is 8.92. The smallest absolute Gasteiger partial charge is 0.246 e. The maximum absolute atomic E-state index is 14.4. The number of ether oxygens (including phenoxy) is 1. The van der Waals surface area contributed by atoms with Gasteiger partial charge >= 0.3 is 0 Å². The second kappa shape index (κ2) is 12.6. The summed E-state index contributed by atoms with van der Waals surface area (Å²) >= 11 is 0. The van der Waals surface area contributed by atoms with E-state index < -0.39 is 29.6 Å². The van der Waals surface area contributed by atoms with Crippen LogP contribution in [0.5, 0.6) is 0 Å². The van der Waals surface area contributed by atoms with E-state index in [1.807, 2.05) is 38.1 Å². The number of nitrogens with zero attached hydrogens (tertiary/aromatic N) is 3. The van der Waals surface area contributed by atoms with Gasteiger partial charge in [0.05, 0.1) is 17.9 Å². The molecule has 6 rings (SSSR count). The Hall–Kier alpha value is -2.75. The van der Waals surface area contributed by atoms with Gasteiger partial charge in [0.1, 0.15) is 11.6 Å². The Morgan fingerprint density at radius 1 is 0.977 bits per heavy atom. The summed E-state index contributed by atoms with van der Waals surface area (Å²) < 4.78 is 6.58. The average Bonchev–Trinajstić information content (AvgIpc) is 3.62. The zero-order valence-electron chi connectivity index (χ0n) is 27.2. The number of anilines is 1. The molecule has 9 heteroatoms. The Bertz CT molecular complexity index is 1270. The van der Waals surface area contributed by atoms with Crippen molar-refractivity contribution in [3.05, 3.63) is 41.5 Å². The molecule has 2 N–H and O–H groups in total. The summed E-state index contributed by atoms with van der Waals surface area (Å²) in [5.74, 6) is -1.04. The predicted molar refractivity (Wildman–Crippen MR) is 171 cm³/mol. The van der Waals surface area contributed by atoms with Gasteiger partial charge in [0, 0.05) is 44.5 Å². The molecule has 44 heavy (non-hydrogen) atoms. The quantitative estimate of drug-likeness (QED) is 0.420. The van der Waals surface area contributed by atoms with Crippen LogP contribution < -0.4 is 10.6 Å². The summed E-state index contributed by atoms with van der Waals surface area (Å²) in [6.07, 6.45) is 7.26. The van der Waals surface area contributed by atoms with Gasteiger partial charge in [0.15, 0.2) is 0 Å². The molecule has 1 spiro atoms. The fourth-order valence-corrected chi connectivity index (χ4v) is 8.62. The second-order valence-electron chi connectivity index (χ2n) is 14.1. The molecule has 4 fully saturated rings. The molecule has 9 nitrogen and oxygen atoms in total. The van der Waals surface area contributed by atoms with Crippen molar-refractivity contribution in [1.82, 2.24) is 20.0 Å².